The van der Waals surface area contributed by atoms with Gasteiger partial charge in [-0.1, -0.05) is 80.6 Å². The molecule has 5 aliphatic rings. The summed E-state index contributed by atoms with van der Waals surface area (Å²) in [6.45, 7) is 8.67. The Kier molecular flexibility index (Phi) is 15.1. The van der Waals surface area contributed by atoms with Crippen molar-refractivity contribution < 1.29 is 76.6 Å². The third kappa shape index (κ3) is 9.53. The molecule has 2 bridgehead atoms. The van der Waals surface area contributed by atoms with Crippen molar-refractivity contribution in [1.29, 1.82) is 0 Å². The minimum atomic E-state index is -2.40. The minimum absolute atomic E-state index is 0.0363. The van der Waals surface area contributed by atoms with Gasteiger partial charge in [-0.2, -0.15) is 0 Å². The highest BCUT2D eigenvalue weighted by Gasteiger charge is 2.79. The predicted molar refractivity (Wildman–Crippen MR) is 258 cm³/mol. The van der Waals surface area contributed by atoms with Crippen LogP contribution in [0.25, 0.3) is 0 Å². The number of rotatable bonds is 16. The number of amides is 1. The molecule has 11 atom stereocenters. The number of carbonyl (C=O) groups is 7. The molecule has 4 aliphatic carbocycles. The Morgan fingerprint density at radius 1 is 0.875 bits per heavy atom. The van der Waals surface area contributed by atoms with Crippen LogP contribution >= 0.6 is 11.8 Å². The van der Waals surface area contributed by atoms with Gasteiger partial charge < -0.3 is 48.3 Å². The smallest absolute Gasteiger partial charge is 0.455 e. The van der Waals surface area contributed by atoms with Crippen molar-refractivity contribution in [1.82, 2.24) is 5.32 Å². The number of hydrogen-bond acceptors (Lipinski definition) is 17. The number of nitrogens with one attached hydrogen (secondary N) is 1. The third-order valence-corrected chi connectivity index (χ3v) is 15.5. The van der Waals surface area contributed by atoms with Gasteiger partial charge in [0.25, 0.3) is 5.91 Å². The Balaban J connectivity index is 1.32. The van der Waals surface area contributed by atoms with E-state index >= 15 is 9.59 Å². The molecule has 72 heavy (non-hydrogen) atoms. The lowest BCUT2D eigenvalue weighted by atomic mass is 9.44. The fraction of sp³-hybridized carbons (Fsp3) is 0.500. The van der Waals surface area contributed by atoms with Crippen LogP contribution in [0.2, 0.25) is 0 Å². The van der Waals surface area contributed by atoms with E-state index in [4.69, 9.17) is 37.9 Å². The Morgan fingerprint density at radius 3 is 2.07 bits per heavy atom. The van der Waals surface area contributed by atoms with E-state index in [0.717, 1.165) is 6.92 Å². The first kappa shape index (κ1) is 52.2. The number of ether oxygens (including phenoxy) is 8. The first-order valence-electron chi connectivity index (χ1n) is 24.1. The van der Waals surface area contributed by atoms with Crippen LogP contribution in [0.1, 0.15) is 99.5 Å². The molecule has 384 valence electrons. The molecule has 1 heterocycles. The van der Waals surface area contributed by atoms with Crippen LogP contribution in [0.15, 0.2) is 102 Å². The van der Waals surface area contributed by atoms with E-state index in [-0.39, 0.29) is 47.8 Å². The van der Waals surface area contributed by atoms with Crippen molar-refractivity contribution in [2.45, 2.75) is 121 Å². The summed E-state index contributed by atoms with van der Waals surface area (Å²) in [7, 11) is 0. The maximum absolute atomic E-state index is 16.2. The third-order valence-electron chi connectivity index (χ3n) is 15.2. The average Bonchev–Trinajstić information content (AvgIpc) is 4.21. The maximum Gasteiger partial charge on any atom is 0.509 e. The highest BCUT2D eigenvalue weighted by molar-refractivity contribution is 7.98. The van der Waals surface area contributed by atoms with Crippen LogP contribution in [0.5, 0.6) is 0 Å². The summed E-state index contributed by atoms with van der Waals surface area (Å²) in [5.74, 6) is -6.65. The molecule has 0 spiro atoms. The van der Waals surface area contributed by atoms with E-state index in [1.807, 2.05) is 6.26 Å². The summed E-state index contributed by atoms with van der Waals surface area (Å²) >= 11 is 1.34. The summed E-state index contributed by atoms with van der Waals surface area (Å²) in [6, 6.07) is 23.1. The van der Waals surface area contributed by atoms with Crippen molar-refractivity contribution in [3.05, 3.63) is 119 Å². The van der Waals surface area contributed by atoms with Gasteiger partial charge in [0.2, 0.25) is 6.10 Å². The molecule has 3 aromatic rings. The molecule has 3 saturated carbocycles. The van der Waals surface area contributed by atoms with Gasteiger partial charge in [0.1, 0.15) is 30.0 Å². The number of hydrogen-bond donors (Lipinski definition) is 2. The summed E-state index contributed by atoms with van der Waals surface area (Å²) in [6.07, 6.45) is -7.84. The number of Topliss-reactive ketones (excluding diaryl/α,β-unsaturated/α-hetero) is 1. The van der Waals surface area contributed by atoms with Gasteiger partial charge in [-0.25, -0.2) is 14.4 Å². The lowest BCUT2D eigenvalue weighted by molar-refractivity contribution is -0.348. The van der Waals surface area contributed by atoms with E-state index in [2.05, 4.69) is 5.32 Å². The van der Waals surface area contributed by atoms with Gasteiger partial charge in [0.15, 0.2) is 17.5 Å². The molecule has 2 N–H and O–H groups in total. The lowest BCUT2D eigenvalue weighted by Gasteiger charge is -2.67. The zero-order chi connectivity index (χ0) is 51.8. The first-order valence-corrected chi connectivity index (χ1v) is 25.5. The second-order valence-corrected chi connectivity index (χ2v) is 20.6. The summed E-state index contributed by atoms with van der Waals surface area (Å²) < 4.78 is 49.3. The fourth-order valence-corrected chi connectivity index (χ4v) is 11.5. The predicted octanol–water partition coefficient (Wildman–Crippen LogP) is 6.65. The summed E-state index contributed by atoms with van der Waals surface area (Å²) in [5, 5.41) is 17.0. The van der Waals surface area contributed by atoms with Crippen molar-refractivity contribution in [3.8, 4) is 0 Å². The van der Waals surface area contributed by atoms with Crippen molar-refractivity contribution in [2.24, 2.45) is 22.7 Å². The van der Waals surface area contributed by atoms with Gasteiger partial charge in [-0.3, -0.25) is 19.2 Å². The molecule has 18 heteroatoms. The fourth-order valence-electron chi connectivity index (χ4n) is 11.2. The maximum atomic E-state index is 16.2. The monoisotopic (exact) mass is 1010 g/mol. The van der Waals surface area contributed by atoms with E-state index in [1.165, 1.54) is 30.8 Å². The quantitative estimate of drug-likeness (QED) is 0.0663. The van der Waals surface area contributed by atoms with E-state index in [1.54, 1.807) is 107 Å². The van der Waals surface area contributed by atoms with Crippen molar-refractivity contribution in [2.75, 3.05) is 25.4 Å². The zero-order valence-corrected chi connectivity index (χ0v) is 42.1. The van der Waals surface area contributed by atoms with E-state index in [0.29, 0.717) is 18.4 Å². The molecule has 17 nitrogen and oxygen atoms in total. The van der Waals surface area contributed by atoms with E-state index < -0.39 is 125 Å². The molecule has 0 radical (unpaired) electrons. The SMILES string of the molecule is CCOC(=O)OC(C(=O)OC1CC2(O)C(OC(=O)c3ccccc3)C3C4(OC(=O)C5CC5)COC4CC(OCSC)C3(C)C(=O)C(OC(C)=O)C(=C1C)C2(C)C)C(NC(=O)c1ccccc1)c1ccccc1. The molecular formula is C54H61NO16S. The van der Waals surface area contributed by atoms with Crippen molar-refractivity contribution >= 4 is 53.5 Å². The van der Waals surface area contributed by atoms with E-state index in [9.17, 15) is 29.1 Å². The van der Waals surface area contributed by atoms with Crippen LogP contribution < -0.4 is 5.32 Å². The van der Waals surface area contributed by atoms with Gasteiger partial charge in [-0.05, 0) is 80.8 Å². The number of aliphatic hydroxyl groups is 1. The Hall–Kier alpha value is -6.08. The van der Waals surface area contributed by atoms with Gasteiger partial charge >= 0.3 is 30.0 Å². The Labute approximate surface area is 421 Å². The molecule has 1 amide bonds. The van der Waals surface area contributed by atoms with Gasteiger partial charge in [-0.15, -0.1) is 11.8 Å². The summed E-state index contributed by atoms with van der Waals surface area (Å²) in [4.78, 5) is 101. The minimum Gasteiger partial charge on any atom is -0.455 e. The molecule has 3 aromatic carbocycles. The molecule has 1 aliphatic heterocycles. The highest BCUT2D eigenvalue weighted by Crippen LogP contribution is 2.65. The van der Waals surface area contributed by atoms with Gasteiger partial charge in [0, 0.05) is 30.7 Å². The summed E-state index contributed by atoms with van der Waals surface area (Å²) in [5.41, 5.74) is -6.79. The van der Waals surface area contributed by atoms with Crippen LogP contribution in [0.4, 0.5) is 4.79 Å². The zero-order valence-electron chi connectivity index (χ0n) is 41.3. The van der Waals surface area contributed by atoms with Crippen LogP contribution in [0, 0.1) is 22.7 Å². The number of benzene rings is 3. The van der Waals surface area contributed by atoms with Crippen LogP contribution in [-0.2, 0) is 57.1 Å². The topological polar surface area (TPSA) is 226 Å². The Morgan fingerprint density at radius 2 is 1.50 bits per heavy atom. The van der Waals surface area contributed by atoms with Crippen LogP contribution in [0.3, 0.4) is 0 Å². The van der Waals surface area contributed by atoms with Gasteiger partial charge in [0.05, 0.1) is 48.1 Å². The van der Waals surface area contributed by atoms with Crippen LogP contribution in [-0.4, -0.2) is 120 Å². The second-order valence-electron chi connectivity index (χ2n) is 19.8. The molecule has 11 unspecified atom stereocenters. The first-order chi connectivity index (χ1) is 34.3. The lowest BCUT2D eigenvalue weighted by Crippen LogP contribution is -2.82. The molecule has 4 fully saturated rings. The second kappa shape index (κ2) is 20.8. The molecule has 8 rings (SSSR count). The molecule has 1 saturated heterocycles. The molecular weight excluding hydrogens is 951 g/mol. The number of thioether (sulfide) groups is 1. The average molecular weight is 1010 g/mol. The highest BCUT2D eigenvalue weighted by atomic mass is 32.2. The number of ketones is 1. The number of carbonyl (C=O) groups excluding carboxylic acids is 7. The van der Waals surface area contributed by atoms with Crippen molar-refractivity contribution in [3.63, 3.8) is 0 Å². The standard InChI is InChI=1S/C54H61NO16S/c1-8-64-50(62)69-42(40(32-18-12-9-13-19-32)55-46(58)33-20-14-10-15-21-33)49(61)68-36-27-54(63)45(70-47(59)34-22-16-11-17-23-34)43-52(6,44(57)41(67-31(3)56)39(30(36)2)51(54,4)5)37(66-29-72-7)26-38-53(43,28-65-38)71-48(60)35-24-25-35/h9-23,35-38,40-43,45,63H,8,24-29H2,1-7H3,(H,55,58). The Bertz CT molecular complexity index is 2590. The largest absolute Gasteiger partial charge is 0.509 e. The normalized spacial score (nSPS) is 30.0. The molecule has 0 aromatic heterocycles. The number of fused-ring (bicyclic) bond motifs is 5. The number of esters is 4.